The van der Waals surface area contributed by atoms with Crippen molar-refractivity contribution in [1.82, 2.24) is 34.9 Å². The van der Waals surface area contributed by atoms with Crippen LogP contribution < -0.4 is 10.2 Å². The molecule has 26 heteroatoms. The minimum Gasteiger partial charge on any atom is -0.460 e. The minimum atomic E-state index is -2.46. The van der Waals surface area contributed by atoms with Crippen molar-refractivity contribution in [2.75, 3.05) is 105 Å². The van der Waals surface area contributed by atoms with E-state index >= 15 is 0 Å². The third kappa shape index (κ3) is 23.8. The zero-order valence-electron chi connectivity index (χ0n) is 61.7. The van der Waals surface area contributed by atoms with Gasteiger partial charge in [-0.15, -0.1) is 0 Å². The molecule has 101 heavy (non-hydrogen) atoms. The van der Waals surface area contributed by atoms with E-state index in [0.717, 1.165) is 18.7 Å². The molecule has 5 fully saturated rings. The Morgan fingerprint density at radius 3 is 2.08 bits per heavy atom. The summed E-state index contributed by atoms with van der Waals surface area (Å²) in [5.41, 5.74) is 1.87. The Morgan fingerprint density at radius 2 is 1.41 bits per heavy atom. The van der Waals surface area contributed by atoms with Gasteiger partial charge in [0.15, 0.2) is 5.78 Å². The molecule has 4 amide bonds. The van der Waals surface area contributed by atoms with Gasteiger partial charge in [0, 0.05) is 155 Å². The van der Waals surface area contributed by atoms with Crippen LogP contribution in [0.4, 0.5) is 10.7 Å². The summed E-state index contributed by atoms with van der Waals surface area (Å²) in [5.74, 6) is -7.39. The van der Waals surface area contributed by atoms with Crippen LogP contribution in [0.3, 0.4) is 0 Å². The van der Waals surface area contributed by atoms with Crippen LogP contribution in [0.5, 0.6) is 0 Å². The zero-order valence-corrected chi connectivity index (χ0v) is 61.7. The maximum Gasteiger partial charge on any atom is 0.407 e. The van der Waals surface area contributed by atoms with Gasteiger partial charge < -0.3 is 78.2 Å². The predicted molar refractivity (Wildman–Crippen MR) is 376 cm³/mol. The number of piperazine rings is 2. The average molecular weight is 1420 g/mol. The monoisotopic (exact) mass is 1420 g/mol. The van der Waals surface area contributed by atoms with Gasteiger partial charge in [0.05, 0.1) is 44.1 Å². The van der Waals surface area contributed by atoms with Gasteiger partial charge in [0.25, 0.3) is 11.7 Å². The molecule has 1 aromatic rings. The summed E-state index contributed by atoms with van der Waals surface area (Å²) in [6.07, 6.45) is 13.1. The first-order valence-electron chi connectivity index (χ1n) is 36.7. The molecule has 5 aliphatic heterocycles. The number of fused-ring (bicyclic) bond motifs is 3. The number of esters is 1. The van der Waals surface area contributed by atoms with Crippen molar-refractivity contribution in [1.29, 1.82) is 0 Å². The number of piperidine rings is 1. The van der Waals surface area contributed by atoms with Gasteiger partial charge in [-0.05, 0) is 114 Å². The molecule has 1 aromatic heterocycles. The number of methoxy groups -OCH3 is 3. The predicted octanol–water partition coefficient (Wildman–Crippen LogP) is 6.27. The molecule has 0 spiro atoms. The number of allylic oxidation sites excluding steroid dienone is 5. The molecule has 564 valence electrons. The molecule has 1 saturated carbocycles. The summed E-state index contributed by atoms with van der Waals surface area (Å²) in [7, 11) is 4.68. The van der Waals surface area contributed by atoms with Crippen LogP contribution in [0.15, 0.2) is 60.0 Å². The molecule has 1 unspecified atom stereocenters. The number of ether oxygens (including phenoxy) is 7. The van der Waals surface area contributed by atoms with Gasteiger partial charge >= 0.3 is 12.1 Å². The molecule has 0 aromatic carbocycles. The number of aliphatic hydroxyl groups is 3. The smallest absolute Gasteiger partial charge is 0.407 e. The molecule has 2 bridgehead atoms. The third-order valence-electron chi connectivity index (χ3n) is 21.4. The fourth-order valence-electron chi connectivity index (χ4n) is 14.8. The first kappa shape index (κ1) is 81.9. The number of rotatable bonds is 19. The number of Topliss-reactive ketones (excluding diaryl/α,β-unsaturated/α-hetero) is 3. The number of nitrogens with zero attached hydrogens (tertiary/aromatic N) is 7. The van der Waals surface area contributed by atoms with E-state index in [1.54, 1.807) is 53.5 Å². The Morgan fingerprint density at radius 1 is 0.723 bits per heavy atom. The van der Waals surface area contributed by atoms with Crippen molar-refractivity contribution in [3.8, 4) is 0 Å². The van der Waals surface area contributed by atoms with Gasteiger partial charge in [-0.1, -0.05) is 71.1 Å². The first-order chi connectivity index (χ1) is 48.2. The van der Waals surface area contributed by atoms with Gasteiger partial charge in [-0.25, -0.2) is 19.6 Å². The largest absolute Gasteiger partial charge is 0.460 e. The highest BCUT2D eigenvalue weighted by molar-refractivity contribution is 6.39. The summed E-state index contributed by atoms with van der Waals surface area (Å²) in [6, 6.07) is -1.16. The summed E-state index contributed by atoms with van der Waals surface area (Å²) in [5, 5.41) is 37.7. The normalized spacial score (nSPS) is 32.8. The number of aliphatic hydroxyl groups excluding tert-OH is 2. The van der Waals surface area contributed by atoms with E-state index in [2.05, 4.69) is 20.2 Å². The van der Waals surface area contributed by atoms with E-state index in [4.69, 9.17) is 33.2 Å². The number of aromatic nitrogens is 2. The van der Waals surface area contributed by atoms with Crippen LogP contribution in [-0.2, 0) is 73.3 Å². The maximum atomic E-state index is 14.9. The Kier molecular flexibility index (Phi) is 32.5. The van der Waals surface area contributed by atoms with Crippen LogP contribution in [-0.4, -0.2) is 253 Å². The molecule has 0 radical (unpaired) electrons. The van der Waals surface area contributed by atoms with Gasteiger partial charge in [0.1, 0.15) is 36.2 Å². The number of carbonyl (C=O) groups excluding carboxylic acids is 8. The second kappa shape index (κ2) is 40.1. The number of hydrogen-bond acceptors (Lipinski definition) is 22. The summed E-state index contributed by atoms with van der Waals surface area (Å²) >= 11 is 0. The van der Waals surface area contributed by atoms with Crippen molar-refractivity contribution in [2.24, 2.45) is 35.5 Å². The maximum absolute atomic E-state index is 14.9. The Hall–Kier alpha value is -6.36. The molecule has 6 aliphatic rings. The number of alkyl carbamates (subject to hydrolysis) is 1. The number of cyclic esters (lactones) is 1. The van der Waals surface area contributed by atoms with Crippen molar-refractivity contribution < 1.29 is 86.8 Å². The average Bonchev–Trinajstić information content (AvgIpc) is 0.774. The zero-order chi connectivity index (χ0) is 73.5. The molecule has 26 nitrogen and oxygen atoms in total. The highest BCUT2D eigenvalue weighted by Gasteiger charge is 2.53. The number of amides is 4. The van der Waals surface area contributed by atoms with Crippen molar-refractivity contribution in [3.05, 3.63) is 65.6 Å². The van der Waals surface area contributed by atoms with E-state index in [-0.39, 0.29) is 80.5 Å². The lowest BCUT2D eigenvalue weighted by Gasteiger charge is -2.43. The second-order valence-electron chi connectivity index (χ2n) is 29.1. The molecule has 4 saturated heterocycles. The van der Waals surface area contributed by atoms with Crippen LogP contribution in [0.1, 0.15) is 157 Å². The van der Waals surface area contributed by atoms with Crippen LogP contribution in [0.25, 0.3) is 0 Å². The van der Waals surface area contributed by atoms with Crippen molar-refractivity contribution in [2.45, 2.75) is 219 Å². The van der Waals surface area contributed by atoms with E-state index < -0.39 is 108 Å². The summed E-state index contributed by atoms with van der Waals surface area (Å²) in [6.45, 7) is 20.8. The lowest BCUT2D eigenvalue weighted by molar-refractivity contribution is -0.265. The highest BCUT2D eigenvalue weighted by atomic mass is 16.6. The number of nitrogens with one attached hydrogen (secondary N) is 1. The molecule has 4 N–H and O–H groups in total. The summed E-state index contributed by atoms with van der Waals surface area (Å²) < 4.78 is 42.6. The highest BCUT2D eigenvalue weighted by Crippen LogP contribution is 2.39. The van der Waals surface area contributed by atoms with Gasteiger partial charge in [-0.2, -0.15) is 0 Å². The fourth-order valence-corrected chi connectivity index (χ4v) is 14.8. The van der Waals surface area contributed by atoms with E-state index in [1.807, 2.05) is 72.8 Å². The van der Waals surface area contributed by atoms with Gasteiger partial charge in [0.2, 0.25) is 23.5 Å². The number of anilines is 1. The van der Waals surface area contributed by atoms with E-state index in [0.29, 0.717) is 140 Å². The van der Waals surface area contributed by atoms with E-state index in [9.17, 15) is 53.7 Å². The molecule has 7 rings (SSSR count). The molecule has 6 heterocycles. The molecular weight excluding hydrogens is 1300 g/mol. The standard InChI is InChI=1S/C75H116N8O18/c1-48-17-13-12-14-18-49(2)61(95-9)43-58-23-20-54(7)75(94,101-58)70(90)71(91)83-27-16-15-19-59(83)72(92)99-63(44-62(96-10)50(3)40-53(6)68(88)69(89)67(87)52(5)39-48)51(4)41-56-22-24-60(64(42-56)97-11)100-74(93)78-47-57-45-76-73(77-46-57)82-34-32-81(33-35-82)66(86)26-37-98-38-36-79-28-30-80(31-29-79)65(85)25-21-55(8)84/h12-14,17-18,40,45-46,48,50-52,54,56,58-64,68-69,88-89,94H,15-16,19-39,41-44,47H2,1-11H3,(H,78,93)/b14-12+,17-13+,49-18+,53-40+/t48-,50-,51-,52-,54-,56+,58+,59+,60-,61+,62-,63+,64-,68?,69+,75-/m1/s1. The number of hydrogen-bond donors (Lipinski definition) is 4. The SMILES string of the molecule is CO[C@H]1C[C@@H]2CC[C@@H](C)[C@@](O)(O2)C(=O)C(=O)N2CCCC[C@H]2C(=O)O[C@H]([C@H](C)C[C@@H]2CC[C@@H](OC(=O)NCc3cnc(N4CCN(C(=O)CCOCCN5CCN(C(=O)CCC(C)=O)CC5)CC4)nc3)[C@H](OC)C2)C[C@@H](OC)[C@H](C)/C=C(\C)C(O)[C@@H](O)C(=O)[C@H](C)C[C@H](C)/C=C/C=C/C=C/1C. The second-order valence-corrected chi connectivity index (χ2v) is 29.1. The quantitative estimate of drug-likeness (QED) is 0.0513. The molecule has 1 aliphatic carbocycles. The summed E-state index contributed by atoms with van der Waals surface area (Å²) in [4.78, 5) is 126. The molecule has 16 atom stereocenters. The lowest BCUT2D eigenvalue weighted by atomic mass is 9.78. The number of carbonyl (C=O) groups is 8. The topological polar surface area (TPSA) is 316 Å². The molecular formula is C75H116N8O18. The number of ketones is 3. The van der Waals surface area contributed by atoms with Crippen LogP contribution in [0.2, 0.25) is 0 Å². The lowest BCUT2D eigenvalue weighted by Crippen LogP contribution is -2.61. The van der Waals surface area contributed by atoms with Crippen molar-refractivity contribution in [3.63, 3.8) is 0 Å². The Labute approximate surface area is 597 Å². The van der Waals surface area contributed by atoms with E-state index in [1.165, 1.54) is 18.9 Å². The first-order valence-corrected chi connectivity index (χ1v) is 36.7. The fraction of sp³-hybridized carbons (Fsp3) is 0.733. The van der Waals surface area contributed by atoms with Crippen LogP contribution in [0, 0.1) is 35.5 Å². The van der Waals surface area contributed by atoms with Crippen LogP contribution >= 0.6 is 0 Å². The third-order valence-corrected chi connectivity index (χ3v) is 21.4. The van der Waals surface area contributed by atoms with Gasteiger partial charge in [-0.3, -0.25) is 28.9 Å². The van der Waals surface area contributed by atoms with Crippen molar-refractivity contribution >= 4 is 53.1 Å². The Bertz CT molecular complexity index is 3020. The Balaban J connectivity index is 0.941. The minimum absolute atomic E-state index is 0.0149.